The zero-order valence-corrected chi connectivity index (χ0v) is 11.7. The largest absolute Gasteiger partial charge is 0.493 e. The van der Waals surface area contributed by atoms with E-state index < -0.39 is 0 Å². The van der Waals surface area contributed by atoms with Gasteiger partial charge in [-0.3, -0.25) is 4.79 Å². The maximum Gasteiger partial charge on any atom is 0.223 e. The van der Waals surface area contributed by atoms with Crippen molar-refractivity contribution in [3.05, 3.63) is 23.8 Å². The number of methoxy groups -OCH3 is 2. The van der Waals surface area contributed by atoms with E-state index in [-0.39, 0.29) is 11.8 Å². The second kappa shape index (κ2) is 5.95. The summed E-state index contributed by atoms with van der Waals surface area (Å²) in [7, 11) is 3.23. The highest BCUT2D eigenvalue weighted by molar-refractivity contribution is 5.79. The fraction of sp³-hybridized carbons (Fsp3) is 0.533. The second-order valence-electron chi connectivity index (χ2n) is 5.08. The molecule has 4 nitrogen and oxygen atoms in total. The molecule has 0 spiro atoms. The van der Waals surface area contributed by atoms with Crippen LogP contribution in [0.3, 0.4) is 0 Å². The van der Waals surface area contributed by atoms with Crippen LogP contribution >= 0.6 is 0 Å². The summed E-state index contributed by atoms with van der Waals surface area (Å²) in [5.74, 6) is 1.52. The van der Waals surface area contributed by atoms with Crippen LogP contribution in [0.1, 0.15) is 25.3 Å². The van der Waals surface area contributed by atoms with Crippen LogP contribution in [0.2, 0.25) is 0 Å². The summed E-state index contributed by atoms with van der Waals surface area (Å²) in [5.41, 5.74) is 1.08. The zero-order chi connectivity index (χ0) is 13.8. The molecule has 4 heteroatoms. The van der Waals surface area contributed by atoms with Crippen molar-refractivity contribution in [1.29, 1.82) is 0 Å². The number of carbonyl (C=O) groups excluding carboxylic acids is 1. The standard InChI is InChI=1S/C15H21NO3/c1-10(15(17)16-12-5-6-12)8-11-4-7-13(18-2)14(9-11)19-3/h4,7,9-10,12H,5-6,8H2,1-3H3,(H,16,17). The van der Waals surface area contributed by atoms with E-state index in [9.17, 15) is 4.79 Å². The van der Waals surface area contributed by atoms with Gasteiger partial charge in [0.25, 0.3) is 0 Å². The van der Waals surface area contributed by atoms with Crippen LogP contribution in [0.5, 0.6) is 11.5 Å². The Kier molecular flexibility index (Phi) is 4.30. The Morgan fingerprint density at radius 3 is 2.58 bits per heavy atom. The van der Waals surface area contributed by atoms with Gasteiger partial charge in [-0.25, -0.2) is 0 Å². The summed E-state index contributed by atoms with van der Waals surface area (Å²) in [6.45, 7) is 1.95. The lowest BCUT2D eigenvalue weighted by atomic mass is 10.00. The third-order valence-electron chi connectivity index (χ3n) is 3.36. The summed E-state index contributed by atoms with van der Waals surface area (Å²) in [6, 6.07) is 6.20. The molecule has 1 unspecified atom stereocenters. The topological polar surface area (TPSA) is 47.6 Å². The van der Waals surface area contributed by atoms with Crippen LogP contribution < -0.4 is 14.8 Å². The van der Waals surface area contributed by atoms with Crippen molar-refractivity contribution in [2.45, 2.75) is 32.2 Å². The summed E-state index contributed by atoms with van der Waals surface area (Å²) in [6.07, 6.45) is 2.95. The van der Waals surface area contributed by atoms with E-state index in [1.807, 2.05) is 25.1 Å². The van der Waals surface area contributed by atoms with Gasteiger partial charge in [-0.1, -0.05) is 13.0 Å². The SMILES string of the molecule is COc1ccc(CC(C)C(=O)NC2CC2)cc1OC. The molecule has 1 fully saturated rings. The van der Waals surface area contributed by atoms with Gasteiger partial charge in [0.15, 0.2) is 11.5 Å². The first-order chi connectivity index (χ1) is 9.13. The van der Waals surface area contributed by atoms with E-state index in [0.717, 1.165) is 18.4 Å². The smallest absolute Gasteiger partial charge is 0.223 e. The number of benzene rings is 1. The summed E-state index contributed by atoms with van der Waals surface area (Å²) in [5, 5.41) is 3.03. The fourth-order valence-electron chi connectivity index (χ4n) is 2.02. The zero-order valence-electron chi connectivity index (χ0n) is 11.7. The summed E-state index contributed by atoms with van der Waals surface area (Å²) >= 11 is 0. The van der Waals surface area contributed by atoms with Gasteiger partial charge in [0.2, 0.25) is 5.91 Å². The first kappa shape index (κ1) is 13.7. The van der Waals surface area contributed by atoms with E-state index in [0.29, 0.717) is 24.0 Å². The van der Waals surface area contributed by atoms with Crippen molar-refractivity contribution in [3.8, 4) is 11.5 Å². The lowest BCUT2D eigenvalue weighted by molar-refractivity contribution is -0.124. The molecule has 1 aromatic carbocycles. The van der Waals surface area contributed by atoms with E-state index in [4.69, 9.17) is 9.47 Å². The maximum absolute atomic E-state index is 11.9. The first-order valence-electron chi connectivity index (χ1n) is 6.65. The molecule has 1 aromatic rings. The van der Waals surface area contributed by atoms with Crippen LogP contribution in [0.25, 0.3) is 0 Å². The minimum atomic E-state index is -0.0290. The molecular formula is C15H21NO3. The second-order valence-corrected chi connectivity index (χ2v) is 5.08. The van der Waals surface area contributed by atoms with E-state index in [1.54, 1.807) is 14.2 Å². The van der Waals surface area contributed by atoms with Gasteiger partial charge in [-0.2, -0.15) is 0 Å². The molecule has 1 saturated carbocycles. The molecule has 0 aromatic heterocycles. The highest BCUT2D eigenvalue weighted by Crippen LogP contribution is 2.28. The highest BCUT2D eigenvalue weighted by atomic mass is 16.5. The normalized spacial score (nSPS) is 15.7. The van der Waals surface area contributed by atoms with Crippen molar-refractivity contribution in [1.82, 2.24) is 5.32 Å². The Morgan fingerprint density at radius 1 is 1.32 bits per heavy atom. The maximum atomic E-state index is 11.9. The van der Waals surface area contributed by atoms with Gasteiger partial charge < -0.3 is 14.8 Å². The van der Waals surface area contributed by atoms with Gasteiger partial charge in [0.05, 0.1) is 14.2 Å². The third-order valence-corrected chi connectivity index (χ3v) is 3.36. The number of nitrogens with one attached hydrogen (secondary N) is 1. The molecule has 1 atom stereocenters. The van der Waals surface area contributed by atoms with Crippen molar-refractivity contribution < 1.29 is 14.3 Å². The average Bonchev–Trinajstić information content (AvgIpc) is 3.22. The monoisotopic (exact) mass is 263 g/mol. The number of carbonyl (C=O) groups is 1. The van der Waals surface area contributed by atoms with Gasteiger partial charge in [-0.05, 0) is 37.0 Å². The van der Waals surface area contributed by atoms with Crippen molar-refractivity contribution >= 4 is 5.91 Å². The van der Waals surface area contributed by atoms with Crippen LogP contribution in [0, 0.1) is 5.92 Å². The van der Waals surface area contributed by atoms with Crippen molar-refractivity contribution in [3.63, 3.8) is 0 Å². The molecule has 1 aliphatic rings. The number of hydrogen-bond acceptors (Lipinski definition) is 3. The first-order valence-corrected chi connectivity index (χ1v) is 6.65. The third kappa shape index (κ3) is 3.63. The molecule has 0 radical (unpaired) electrons. The van der Waals surface area contributed by atoms with Gasteiger partial charge >= 0.3 is 0 Å². The molecule has 19 heavy (non-hydrogen) atoms. The Labute approximate surface area is 114 Å². The predicted octanol–water partition coefficient (Wildman–Crippen LogP) is 2.16. The molecular weight excluding hydrogens is 242 g/mol. The van der Waals surface area contributed by atoms with Crippen molar-refractivity contribution in [2.75, 3.05) is 14.2 Å². The van der Waals surface area contributed by atoms with Crippen LogP contribution in [0.4, 0.5) is 0 Å². The molecule has 1 amide bonds. The predicted molar refractivity (Wildman–Crippen MR) is 73.6 cm³/mol. The highest BCUT2D eigenvalue weighted by Gasteiger charge is 2.25. The molecule has 1 N–H and O–H groups in total. The summed E-state index contributed by atoms with van der Waals surface area (Å²) < 4.78 is 10.5. The lowest BCUT2D eigenvalue weighted by Crippen LogP contribution is -2.31. The molecule has 0 saturated heterocycles. The Balaban J connectivity index is 1.99. The average molecular weight is 263 g/mol. The molecule has 104 valence electrons. The fourth-order valence-corrected chi connectivity index (χ4v) is 2.02. The van der Waals surface area contributed by atoms with E-state index in [2.05, 4.69) is 5.32 Å². The molecule has 1 aliphatic carbocycles. The molecule has 0 aliphatic heterocycles. The van der Waals surface area contributed by atoms with Gasteiger partial charge in [-0.15, -0.1) is 0 Å². The molecule has 0 bridgehead atoms. The van der Waals surface area contributed by atoms with E-state index >= 15 is 0 Å². The number of ether oxygens (including phenoxy) is 2. The Morgan fingerprint density at radius 2 is 2.00 bits per heavy atom. The minimum absolute atomic E-state index is 0.0290. The lowest BCUT2D eigenvalue weighted by Gasteiger charge is -2.13. The quantitative estimate of drug-likeness (QED) is 0.855. The van der Waals surface area contributed by atoms with Gasteiger partial charge in [0.1, 0.15) is 0 Å². The minimum Gasteiger partial charge on any atom is -0.493 e. The van der Waals surface area contributed by atoms with E-state index in [1.165, 1.54) is 0 Å². The number of rotatable bonds is 6. The molecule has 0 heterocycles. The van der Waals surface area contributed by atoms with Crippen molar-refractivity contribution in [2.24, 2.45) is 5.92 Å². The van der Waals surface area contributed by atoms with Gasteiger partial charge in [0, 0.05) is 12.0 Å². The van der Waals surface area contributed by atoms with Crippen LogP contribution in [-0.4, -0.2) is 26.2 Å². The summed E-state index contributed by atoms with van der Waals surface area (Å²) in [4.78, 5) is 11.9. The Bertz CT molecular complexity index is 455. The van der Waals surface area contributed by atoms with Crippen LogP contribution in [-0.2, 0) is 11.2 Å². The van der Waals surface area contributed by atoms with Crippen LogP contribution in [0.15, 0.2) is 18.2 Å². The number of hydrogen-bond donors (Lipinski definition) is 1. The number of amides is 1. The molecule has 2 rings (SSSR count). The Hall–Kier alpha value is -1.71.